The fourth-order valence-electron chi connectivity index (χ4n) is 3.24. The summed E-state index contributed by atoms with van der Waals surface area (Å²) in [5, 5.41) is 5.11. The second-order valence-electron chi connectivity index (χ2n) is 6.05. The Kier molecular flexibility index (Phi) is 4.12. The summed E-state index contributed by atoms with van der Waals surface area (Å²) >= 11 is 0. The van der Waals surface area contributed by atoms with Crippen molar-refractivity contribution in [2.45, 2.75) is 31.2 Å². The van der Waals surface area contributed by atoms with Crippen molar-refractivity contribution in [3.05, 3.63) is 0 Å². The Bertz CT molecular complexity index is 612. The number of carbonyl (C=O) groups excluding carboxylic acids is 5. The van der Waals surface area contributed by atoms with Gasteiger partial charge in [-0.3, -0.25) is 24.2 Å². The molecule has 0 aromatic carbocycles. The van der Waals surface area contributed by atoms with Gasteiger partial charge in [0.2, 0.25) is 0 Å². The van der Waals surface area contributed by atoms with Crippen LogP contribution >= 0.6 is 0 Å². The van der Waals surface area contributed by atoms with Crippen molar-refractivity contribution in [3.8, 4) is 0 Å². The van der Waals surface area contributed by atoms with Gasteiger partial charge < -0.3 is 15.4 Å². The van der Waals surface area contributed by atoms with Crippen LogP contribution in [0.1, 0.15) is 25.7 Å². The van der Waals surface area contributed by atoms with E-state index in [4.69, 9.17) is 4.74 Å². The third kappa shape index (κ3) is 2.79. The van der Waals surface area contributed by atoms with Crippen LogP contribution in [0.3, 0.4) is 0 Å². The highest BCUT2D eigenvalue weighted by molar-refractivity contribution is 6.09. The molecule has 0 aromatic heterocycles. The molecule has 10 heteroatoms. The number of ether oxygens (including phenoxy) is 1. The van der Waals surface area contributed by atoms with Crippen LogP contribution in [0.15, 0.2) is 0 Å². The van der Waals surface area contributed by atoms with Crippen LogP contribution in [0.25, 0.3) is 0 Å². The minimum atomic E-state index is -0.888. The number of nitrogens with zero attached hydrogens (tertiary/aromatic N) is 2. The lowest BCUT2D eigenvalue weighted by molar-refractivity contribution is -0.152. The molecular weight excluding hydrogens is 320 g/mol. The summed E-state index contributed by atoms with van der Waals surface area (Å²) in [5.74, 6) is -1.95. The molecule has 24 heavy (non-hydrogen) atoms. The van der Waals surface area contributed by atoms with Crippen molar-refractivity contribution in [1.82, 2.24) is 20.4 Å². The number of nitrogens with one attached hydrogen (secondary N) is 2. The smallest absolute Gasteiger partial charge is 0.326 e. The predicted molar refractivity (Wildman–Crippen MR) is 77.5 cm³/mol. The number of esters is 1. The Morgan fingerprint density at radius 1 is 1.12 bits per heavy atom. The molecule has 6 amide bonds. The largest absolute Gasteiger partial charge is 0.454 e. The van der Waals surface area contributed by atoms with Crippen LogP contribution in [-0.4, -0.2) is 71.4 Å². The van der Waals surface area contributed by atoms with Crippen LogP contribution < -0.4 is 10.6 Å². The number of urea groups is 2. The lowest BCUT2D eigenvalue weighted by Crippen LogP contribution is -2.44. The Morgan fingerprint density at radius 3 is 2.46 bits per heavy atom. The summed E-state index contributed by atoms with van der Waals surface area (Å²) in [4.78, 5) is 61.0. The molecule has 130 valence electrons. The summed E-state index contributed by atoms with van der Waals surface area (Å²) in [6.07, 6.45) is 2.81. The third-order valence-corrected chi connectivity index (χ3v) is 4.50. The molecule has 3 fully saturated rings. The Balaban J connectivity index is 1.51. The highest BCUT2D eigenvalue weighted by atomic mass is 16.5. The van der Waals surface area contributed by atoms with Crippen LogP contribution in [0.5, 0.6) is 0 Å². The number of imide groups is 2. The summed E-state index contributed by atoms with van der Waals surface area (Å²) in [7, 11) is 0. The zero-order valence-electron chi connectivity index (χ0n) is 13.0. The quantitative estimate of drug-likeness (QED) is 0.497. The Morgan fingerprint density at radius 2 is 1.83 bits per heavy atom. The van der Waals surface area contributed by atoms with E-state index in [0.717, 1.165) is 22.6 Å². The first kappa shape index (κ1) is 16.2. The van der Waals surface area contributed by atoms with Gasteiger partial charge in [0.25, 0.3) is 11.8 Å². The maximum atomic E-state index is 12.4. The number of rotatable bonds is 4. The minimum Gasteiger partial charge on any atom is -0.454 e. The van der Waals surface area contributed by atoms with Gasteiger partial charge in [-0.15, -0.1) is 0 Å². The summed E-state index contributed by atoms with van der Waals surface area (Å²) < 4.78 is 4.79. The molecule has 1 saturated carbocycles. The summed E-state index contributed by atoms with van der Waals surface area (Å²) in [6, 6.07) is -1.16. The molecule has 3 rings (SSSR count). The number of amides is 6. The van der Waals surface area contributed by atoms with Gasteiger partial charge in [-0.1, -0.05) is 12.8 Å². The maximum absolute atomic E-state index is 12.4. The second-order valence-corrected chi connectivity index (χ2v) is 6.05. The van der Waals surface area contributed by atoms with Crippen LogP contribution in [0, 0.1) is 0 Å². The van der Waals surface area contributed by atoms with E-state index in [-0.39, 0.29) is 6.54 Å². The normalized spacial score (nSPS) is 22.1. The van der Waals surface area contributed by atoms with Crippen molar-refractivity contribution in [2.75, 3.05) is 26.2 Å². The van der Waals surface area contributed by atoms with E-state index in [9.17, 15) is 24.0 Å². The molecule has 1 spiro atoms. The molecule has 0 radical (unpaired) electrons. The first-order valence-electron chi connectivity index (χ1n) is 7.81. The third-order valence-electron chi connectivity index (χ3n) is 4.50. The first-order valence-corrected chi connectivity index (χ1v) is 7.81. The molecule has 0 unspecified atom stereocenters. The van der Waals surface area contributed by atoms with E-state index in [2.05, 4.69) is 10.6 Å². The van der Waals surface area contributed by atoms with Crippen LogP contribution in [0.2, 0.25) is 0 Å². The summed E-state index contributed by atoms with van der Waals surface area (Å²) in [6.45, 7) is -0.596. The molecule has 2 heterocycles. The fourth-order valence-corrected chi connectivity index (χ4v) is 3.24. The average molecular weight is 338 g/mol. The van der Waals surface area contributed by atoms with Gasteiger partial charge in [0.1, 0.15) is 12.1 Å². The molecule has 2 aliphatic heterocycles. The standard InChI is InChI=1S/C14H18N4O6/c19-9(17-6-5-15-12(17)22)8-24-10(20)7-18-11(21)14(16-13(18)23)3-1-2-4-14/h1-8H2,(H,15,22)(H,16,23). The molecule has 0 atom stereocenters. The van der Waals surface area contributed by atoms with Gasteiger partial charge in [0.15, 0.2) is 6.61 Å². The minimum absolute atomic E-state index is 0.213. The monoisotopic (exact) mass is 338 g/mol. The molecule has 0 aromatic rings. The molecule has 1 aliphatic carbocycles. The molecule has 2 N–H and O–H groups in total. The Labute approximate surface area is 137 Å². The zero-order chi connectivity index (χ0) is 17.3. The van der Waals surface area contributed by atoms with Crippen molar-refractivity contribution >= 4 is 29.8 Å². The van der Waals surface area contributed by atoms with Gasteiger partial charge in [0.05, 0.1) is 0 Å². The van der Waals surface area contributed by atoms with Crippen molar-refractivity contribution in [1.29, 1.82) is 0 Å². The van der Waals surface area contributed by atoms with Crippen LogP contribution in [0.4, 0.5) is 9.59 Å². The highest BCUT2D eigenvalue weighted by Crippen LogP contribution is 2.34. The van der Waals surface area contributed by atoms with Crippen molar-refractivity contribution < 1.29 is 28.7 Å². The maximum Gasteiger partial charge on any atom is 0.326 e. The second kappa shape index (κ2) is 6.10. The molecule has 2 saturated heterocycles. The highest BCUT2D eigenvalue weighted by Gasteiger charge is 2.52. The number of hydrogen-bond acceptors (Lipinski definition) is 6. The fraction of sp³-hybridized carbons (Fsp3) is 0.643. The first-order chi connectivity index (χ1) is 11.4. The van der Waals surface area contributed by atoms with Crippen molar-refractivity contribution in [3.63, 3.8) is 0 Å². The lowest BCUT2D eigenvalue weighted by Gasteiger charge is -2.19. The van der Waals surface area contributed by atoms with E-state index in [1.807, 2.05) is 0 Å². The Hall–Kier alpha value is -2.65. The topological polar surface area (TPSA) is 125 Å². The van der Waals surface area contributed by atoms with Crippen LogP contribution in [-0.2, 0) is 19.1 Å². The van der Waals surface area contributed by atoms with E-state index in [0.29, 0.717) is 19.4 Å². The van der Waals surface area contributed by atoms with Gasteiger partial charge >= 0.3 is 18.0 Å². The molecule has 0 bridgehead atoms. The lowest BCUT2D eigenvalue weighted by atomic mass is 9.98. The van der Waals surface area contributed by atoms with E-state index in [1.54, 1.807) is 0 Å². The SMILES string of the molecule is O=C(CN1C(=O)NC2(CCCC2)C1=O)OCC(=O)N1CCNC1=O. The zero-order valence-corrected chi connectivity index (χ0v) is 13.0. The number of carbonyl (C=O) groups is 5. The predicted octanol–water partition coefficient (Wildman–Crippen LogP) is -1.05. The van der Waals surface area contributed by atoms with Gasteiger partial charge in [-0.25, -0.2) is 9.59 Å². The van der Waals surface area contributed by atoms with Gasteiger partial charge in [-0.2, -0.15) is 0 Å². The van der Waals surface area contributed by atoms with Crippen molar-refractivity contribution in [2.24, 2.45) is 0 Å². The molecule has 10 nitrogen and oxygen atoms in total. The van der Waals surface area contributed by atoms with E-state index >= 15 is 0 Å². The van der Waals surface area contributed by atoms with Gasteiger partial charge in [-0.05, 0) is 12.8 Å². The summed E-state index contributed by atoms with van der Waals surface area (Å²) in [5.41, 5.74) is -0.888. The molecule has 3 aliphatic rings. The van der Waals surface area contributed by atoms with Gasteiger partial charge in [0, 0.05) is 13.1 Å². The van der Waals surface area contributed by atoms with E-state index in [1.165, 1.54) is 0 Å². The average Bonchev–Trinajstić information content (AvgIpc) is 3.23. The van der Waals surface area contributed by atoms with E-state index < -0.39 is 48.5 Å². The molecular formula is C14H18N4O6. The number of hydrogen-bond donors (Lipinski definition) is 2.